The third kappa shape index (κ3) is 5.52. The Hall–Kier alpha value is -1.93. The first-order valence-corrected chi connectivity index (χ1v) is 10.7. The highest BCUT2D eigenvalue weighted by Gasteiger charge is 2.22. The van der Waals surface area contributed by atoms with Gasteiger partial charge in [-0.15, -0.1) is 21.5 Å². The molecule has 1 unspecified atom stereocenters. The van der Waals surface area contributed by atoms with Gasteiger partial charge in [-0.3, -0.25) is 4.90 Å². The van der Waals surface area contributed by atoms with Gasteiger partial charge in [-0.1, -0.05) is 13.0 Å². The summed E-state index contributed by atoms with van der Waals surface area (Å²) >= 11 is 1.80. The maximum absolute atomic E-state index is 4.75. The predicted octanol–water partition coefficient (Wildman–Crippen LogP) is 1.95. The average Bonchev–Trinajstić information content (AvgIpc) is 3.41. The molecule has 8 heteroatoms. The standard InChI is InChI=1S/C19H31N7S/c1-4-26-11-5-7-16(26)13-21-19(20-10-9-17-8-6-12-27-17)22-14-18-24-23-15(2)25(18)3/h6,8,12,16H,4-5,7,9-11,13-14H2,1-3H3,(H2,20,21,22). The number of nitrogens with zero attached hydrogens (tertiary/aromatic N) is 5. The fraction of sp³-hybridized carbons (Fsp3) is 0.632. The molecule has 1 saturated heterocycles. The minimum absolute atomic E-state index is 0.522. The summed E-state index contributed by atoms with van der Waals surface area (Å²) in [5.41, 5.74) is 0. The third-order valence-corrected chi connectivity index (χ3v) is 6.15. The molecule has 2 aromatic rings. The van der Waals surface area contributed by atoms with Gasteiger partial charge in [-0.25, -0.2) is 4.99 Å². The molecule has 0 radical (unpaired) electrons. The van der Waals surface area contributed by atoms with Crippen molar-refractivity contribution in [3.63, 3.8) is 0 Å². The second-order valence-electron chi connectivity index (χ2n) is 6.95. The van der Waals surface area contributed by atoms with Gasteiger partial charge in [0.25, 0.3) is 0 Å². The van der Waals surface area contributed by atoms with Crippen LogP contribution in [0.4, 0.5) is 0 Å². The van der Waals surface area contributed by atoms with Gasteiger partial charge < -0.3 is 15.2 Å². The van der Waals surface area contributed by atoms with Gasteiger partial charge in [0.05, 0.1) is 0 Å². The van der Waals surface area contributed by atoms with E-state index in [9.17, 15) is 0 Å². The molecule has 0 amide bonds. The lowest BCUT2D eigenvalue weighted by Crippen LogP contribution is -2.45. The number of thiophene rings is 1. The fourth-order valence-corrected chi connectivity index (χ4v) is 4.14. The van der Waals surface area contributed by atoms with E-state index < -0.39 is 0 Å². The lowest BCUT2D eigenvalue weighted by atomic mass is 10.2. The highest BCUT2D eigenvalue weighted by molar-refractivity contribution is 7.09. The topological polar surface area (TPSA) is 70.4 Å². The number of hydrogen-bond donors (Lipinski definition) is 2. The first-order valence-electron chi connectivity index (χ1n) is 9.81. The number of likely N-dealkylation sites (tertiary alicyclic amines) is 1. The van der Waals surface area contributed by atoms with E-state index in [0.717, 1.165) is 43.7 Å². The van der Waals surface area contributed by atoms with Gasteiger partial charge >= 0.3 is 0 Å². The van der Waals surface area contributed by atoms with Crippen LogP contribution in [0.2, 0.25) is 0 Å². The van der Waals surface area contributed by atoms with Crippen molar-refractivity contribution < 1.29 is 0 Å². The minimum atomic E-state index is 0.522. The summed E-state index contributed by atoms with van der Waals surface area (Å²) in [5.74, 6) is 2.64. The smallest absolute Gasteiger partial charge is 0.191 e. The third-order valence-electron chi connectivity index (χ3n) is 5.22. The zero-order chi connectivity index (χ0) is 19.1. The molecular formula is C19H31N7S. The van der Waals surface area contributed by atoms with E-state index >= 15 is 0 Å². The number of aromatic nitrogens is 3. The number of aliphatic imine (C=N–C) groups is 1. The molecule has 1 aliphatic rings. The number of likely N-dealkylation sites (N-methyl/N-ethyl adjacent to an activating group) is 1. The molecule has 0 spiro atoms. The van der Waals surface area contributed by atoms with Crippen molar-refractivity contribution in [2.75, 3.05) is 26.2 Å². The van der Waals surface area contributed by atoms with Crippen molar-refractivity contribution in [3.8, 4) is 0 Å². The van der Waals surface area contributed by atoms with Gasteiger partial charge in [-0.2, -0.15) is 0 Å². The first-order chi connectivity index (χ1) is 13.2. The Kier molecular flexibility index (Phi) is 7.23. The van der Waals surface area contributed by atoms with Crippen LogP contribution in [0.3, 0.4) is 0 Å². The summed E-state index contributed by atoms with van der Waals surface area (Å²) in [5, 5.41) is 17.5. The van der Waals surface area contributed by atoms with Crippen molar-refractivity contribution in [2.24, 2.45) is 12.0 Å². The molecule has 1 fully saturated rings. The summed E-state index contributed by atoms with van der Waals surface area (Å²) < 4.78 is 1.99. The SMILES string of the molecule is CCN1CCCC1CNC(=NCc1nnc(C)n1C)NCCc1cccs1. The molecule has 0 aromatic carbocycles. The average molecular weight is 390 g/mol. The molecule has 1 atom stereocenters. The Morgan fingerprint density at radius 2 is 2.26 bits per heavy atom. The first kappa shape index (κ1) is 19.8. The van der Waals surface area contributed by atoms with Crippen LogP contribution in [0.5, 0.6) is 0 Å². The number of nitrogens with one attached hydrogen (secondary N) is 2. The fourth-order valence-electron chi connectivity index (χ4n) is 3.43. The maximum atomic E-state index is 4.75. The summed E-state index contributed by atoms with van der Waals surface area (Å²) in [4.78, 5) is 8.69. The van der Waals surface area contributed by atoms with Gasteiger partial charge in [0.15, 0.2) is 11.8 Å². The van der Waals surface area contributed by atoms with Crippen LogP contribution >= 0.6 is 11.3 Å². The summed E-state index contributed by atoms with van der Waals surface area (Å²) in [7, 11) is 1.98. The van der Waals surface area contributed by atoms with E-state index in [1.54, 1.807) is 11.3 Å². The maximum Gasteiger partial charge on any atom is 0.191 e. The van der Waals surface area contributed by atoms with Crippen LogP contribution in [-0.4, -0.2) is 57.8 Å². The minimum Gasteiger partial charge on any atom is -0.356 e. The molecule has 0 saturated carbocycles. The van der Waals surface area contributed by atoms with Crippen LogP contribution in [-0.2, 0) is 20.0 Å². The predicted molar refractivity (Wildman–Crippen MR) is 111 cm³/mol. The lowest BCUT2D eigenvalue weighted by molar-refractivity contribution is 0.267. The second kappa shape index (κ2) is 9.85. The Labute approximate surface area is 165 Å². The van der Waals surface area contributed by atoms with Crippen molar-refractivity contribution in [3.05, 3.63) is 34.0 Å². The van der Waals surface area contributed by atoms with E-state index in [4.69, 9.17) is 4.99 Å². The van der Waals surface area contributed by atoms with Gasteiger partial charge in [0.1, 0.15) is 12.4 Å². The number of hydrogen-bond acceptors (Lipinski definition) is 5. The lowest BCUT2D eigenvalue weighted by Gasteiger charge is -2.24. The van der Waals surface area contributed by atoms with Gasteiger partial charge in [0.2, 0.25) is 0 Å². The molecule has 2 aromatic heterocycles. The normalized spacial score (nSPS) is 18.2. The summed E-state index contributed by atoms with van der Waals surface area (Å²) in [6, 6.07) is 4.87. The van der Waals surface area contributed by atoms with Crippen LogP contribution in [0.1, 0.15) is 36.3 Å². The van der Waals surface area contributed by atoms with Crippen LogP contribution < -0.4 is 10.6 Å². The van der Waals surface area contributed by atoms with Crippen molar-refractivity contribution in [1.82, 2.24) is 30.3 Å². The van der Waals surface area contributed by atoms with Crippen LogP contribution in [0.15, 0.2) is 22.5 Å². The molecule has 1 aliphatic heterocycles. The van der Waals surface area contributed by atoms with Gasteiger partial charge in [0, 0.05) is 31.1 Å². The zero-order valence-corrected chi connectivity index (χ0v) is 17.4. The van der Waals surface area contributed by atoms with Crippen LogP contribution in [0, 0.1) is 6.92 Å². The van der Waals surface area contributed by atoms with Crippen molar-refractivity contribution >= 4 is 17.3 Å². The molecular weight excluding hydrogens is 358 g/mol. The quantitative estimate of drug-likeness (QED) is 0.533. The molecule has 7 nitrogen and oxygen atoms in total. The van der Waals surface area contributed by atoms with Crippen molar-refractivity contribution in [1.29, 1.82) is 0 Å². The van der Waals surface area contributed by atoms with Crippen molar-refractivity contribution in [2.45, 2.75) is 45.7 Å². The highest BCUT2D eigenvalue weighted by atomic mass is 32.1. The summed E-state index contributed by atoms with van der Waals surface area (Å²) in [6.07, 6.45) is 3.55. The molecule has 27 heavy (non-hydrogen) atoms. The monoisotopic (exact) mass is 389 g/mol. The second-order valence-corrected chi connectivity index (χ2v) is 7.98. The van der Waals surface area contributed by atoms with E-state index in [-0.39, 0.29) is 0 Å². The largest absolute Gasteiger partial charge is 0.356 e. The number of aryl methyl sites for hydroxylation is 1. The van der Waals surface area contributed by atoms with E-state index in [0.29, 0.717) is 12.6 Å². The molecule has 3 rings (SSSR count). The number of guanidine groups is 1. The molecule has 148 valence electrons. The van der Waals surface area contributed by atoms with E-state index in [1.165, 1.54) is 24.3 Å². The molecule has 0 aliphatic carbocycles. The van der Waals surface area contributed by atoms with Gasteiger partial charge in [-0.05, 0) is 50.7 Å². The molecule has 3 heterocycles. The molecule has 2 N–H and O–H groups in total. The zero-order valence-electron chi connectivity index (χ0n) is 16.6. The van der Waals surface area contributed by atoms with E-state index in [2.05, 4.69) is 50.2 Å². The van der Waals surface area contributed by atoms with E-state index in [1.807, 2.05) is 18.5 Å². The molecule has 0 bridgehead atoms. The Bertz CT molecular complexity index is 723. The highest BCUT2D eigenvalue weighted by Crippen LogP contribution is 2.15. The number of rotatable bonds is 8. The Morgan fingerprint density at radius 3 is 2.96 bits per heavy atom. The van der Waals surface area contributed by atoms with Crippen LogP contribution in [0.25, 0.3) is 0 Å². The summed E-state index contributed by atoms with van der Waals surface area (Å²) in [6.45, 7) is 8.83. The Morgan fingerprint density at radius 1 is 1.37 bits per heavy atom. The Balaban J connectivity index is 1.58.